The molecule has 4 heteroatoms. The molecule has 0 fully saturated rings. The van der Waals surface area contributed by atoms with Gasteiger partial charge in [0.2, 0.25) is 0 Å². The Labute approximate surface area is 121 Å². The van der Waals surface area contributed by atoms with Crippen LogP contribution in [0.5, 0.6) is 5.75 Å². The molecule has 3 rings (SSSR count). The summed E-state index contributed by atoms with van der Waals surface area (Å²) in [5.74, 6) is 0.674. The van der Waals surface area contributed by atoms with Gasteiger partial charge < -0.3 is 10.1 Å². The average molecular weight is 286 g/mol. The number of hydrogen-bond acceptors (Lipinski definition) is 2. The van der Waals surface area contributed by atoms with Gasteiger partial charge in [-0.05, 0) is 35.9 Å². The van der Waals surface area contributed by atoms with Gasteiger partial charge in [0.15, 0.2) is 0 Å². The third kappa shape index (κ3) is 2.28. The van der Waals surface area contributed by atoms with Gasteiger partial charge >= 0.3 is 0 Å². The first-order valence-corrected chi connectivity index (χ1v) is 6.52. The van der Waals surface area contributed by atoms with Crippen molar-refractivity contribution in [3.63, 3.8) is 0 Å². The molecule has 1 heterocycles. The van der Waals surface area contributed by atoms with Gasteiger partial charge in [-0.25, -0.2) is 0 Å². The van der Waals surface area contributed by atoms with Crippen LogP contribution < -0.4 is 10.1 Å². The Morgan fingerprint density at radius 3 is 2.60 bits per heavy atom. The van der Waals surface area contributed by atoms with E-state index in [-0.39, 0.29) is 5.91 Å². The van der Waals surface area contributed by atoms with Crippen molar-refractivity contribution in [1.82, 2.24) is 0 Å². The van der Waals surface area contributed by atoms with Crippen LogP contribution in [0, 0.1) is 0 Å². The lowest BCUT2D eigenvalue weighted by Crippen LogP contribution is -2.03. The molecule has 1 amide bonds. The monoisotopic (exact) mass is 285 g/mol. The summed E-state index contributed by atoms with van der Waals surface area (Å²) >= 11 is 5.93. The summed E-state index contributed by atoms with van der Waals surface area (Å²) in [6, 6.07) is 12.9. The largest absolute Gasteiger partial charge is 0.497 e. The molecule has 1 N–H and O–H groups in total. The van der Waals surface area contributed by atoms with Crippen molar-refractivity contribution in [2.45, 2.75) is 0 Å². The van der Waals surface area contributed by atoms with E-state index >= 15 is 0 Å². The van der Waals surface area contributed by atoms with Gasteiger partial charge in [-0.1, -0.05) is 29.8 Å². The molecular weight excluding hydrogens is 274 g/mol. The Morgan fingerprint density at radius 1 is 1.15 bits per heavy atom. The highest BCUT2D eigenvalue weighted by Crippen LogP contribution is 2.34. The van der Waals surface area contributed by atoms with E-state index in [9.17, 15) is 4.79 Å². The van der Waals surface area contributed by atoms with E-state index in [1.807, 2.05) is 36.4 Å². The number of anilines is 1. The molecule has 0 aliphatic carbocycles. The first kappa shape index (κ1) is 12.8. The van der Waals surface area contributed by atoms with E-state index in [4.69, 9.17) is 16.3 Å². The number of carbonyl (C=O) groups is 1. The molecule has 1 aliphatic rings. The van der Waals surface area contributed by atoms with E-state index in [1.54, 1.807) is 19.2 Å². The van der Waals surface area contributed by atoms with Crippen molar-refractivity contribution in [2.24, 2.45) is 0 Å². The maximum atomic E-state index is 12.0. The Bertz CT molecular complexity index is 705. The molecule has 1 aliphatic heterocycles. The molecule has 0 unspecified atom stereocenters. The fourth-order valence-electron chi connectivity index (χ4n) is 2.18. The zero-order chi connectivity index (χ0) is 14.1. The second kappa shape index (κ2) is 5.02. The molecule has 20 heavy (non-hydrogen) atoms. The number of fused-ring (bicyclic) bond motifs is 1. The van der Waals surface area contributed by atoms with Crippen LogP contribution in [0.25, 0.3) is 11.6 Å². The van der Waals surface area contributed by atoms with Gasteiger partial charge in [-0.3, -0.25) is 4.79 Å². The van der Waals surface area contributed by atoms with E-state index in [0.717, 1.165) is 22.6 Å². The predicted octanol–water partition coefficient (Wildman–Crippen LogP) is 3.84. The van der Waals surface area contributed by atoms with Gasteiger partial charge in [0.25, 0.3) is 5.91 Å². The Balaban J connectivity index is 2.01. The fourth-order valence-corrected chi connectivity index (χ4v) is 2.35. The molecule has 0 bridgehead atoms. The molecule has 0 saturated heterocycles. The number of rotatable bonds is 2. The average Bonchev–Trinajstić information content (AvgIpc) is 2.75. The highest BCUT2D eigenvalue weighted by atomic mass is 35.5. The summed E-state index contributed by atoms with van der Waals surface area (Å²) in [5.41, 5.74) is 3.21. The Kier molecular flexibility index (Phi) is 3.20. The quantitative estimate of drug-likeness (QED) is 0.851. The van der Waals surface area contributed by atoms with E-state index in [0.29, 0.717) is 10.6 Å². The number of hydrogen-bond donors (Lipinski definition) is 1. The molecule has 0 atom stereocenters. The number of nitrogens with one attached hydrogen (secondary N) is 1. The standard InChI is InChI=1S/C16H12ClNO2/c1-20-12-5-2-10(3-6-12)8-14-13-7-4-11(17)9-15(13)18-16(14)19/h2-9H,1H3,(H,18,19)/b14-8+. The highest BCUT2D eigenvalue weighted by Gasteiger charge is 2.23. The lowest BCUT2D eigenvalue weighted by atomic mass is 10.0. The number of methoxy groups -OCH3 is 1. The van der Waals surface area contributed by atoms with Crippen LogP contribution in [0.15, 0.2) is 42.5 Å². The predicted molar refractivity (Wildman–Crippen MR) is 80.9 cm³/mol. The van der Waals surface area contributed by atoms with Crippen LogP contribution in [-0.4, -0.2) is 13.0 Å². The molecule has 3 nitrogen and oxygen atoms in total. The number of carbonyl (C=O) groups excluding carboxylic acids is 1. The summed E-state index contributed by atoms with van der Waals surface area (Å²) < 4.78 is 5.12. The number of amides is 1. The highest BCUT2D eigenvalue weighted by molar-refractivity contribution is 6.36. The minimum absolute atomic E-state index is 0.113. The van der Waals surface area contributed by atoms with Gasteiger partial charge in [-0.15, -0.1) is 0 Å². The third-order valence-electron chi connectivity index (χ3n) is 3.19. The minimum Gasteiger partial charge on any atom is -0.497 e. The van der Waals surface area contributed by atoms with E-state index < -0.39 is 0 Å². The summed E-state index contributed by atoms with van der Waals surface area (Å²) in [6.45, 7) is 0. The van der Waals surface area contributed by atoms with Crippen LogP contribution >= 0.6 is 11.6 Å². The first-order valence-electron chi connectivity index (χ1n) is 6.14. The third-order valence-corrected chi connectivity index (χ3v) is 3.43. The summed E-state index contributed by atoms with van der Waals surface area (Å²) in [4.78, 5) is 12.0. The van der Waals surface area contributed by atoms with Gasteiger partial charge in [0, 0.05) is 16.2 Å². The fraction of sp³-hybridized carbons (Fsp3) is 0.0625. The van der Waals surface area contributed by atoms with Crippen molar-refractivity contribution in [1.29, 1.82) is 0 Å². The minimum atomic E-state index is -0.113. The van der Waals surface area contributed by atoms with Crippen molar-refractivity contribution in [2.75, 3.05) is 12.4 Å². The molecule has 2 aromatic carbocycles. The summed E-state index contributed by atoms with van der Waals surface area (Å²) in [7, 11) is 1.62. The first-order chi connectivity index (χ1) is 9.67. The van der Waals surface area contributed by atoms with Crippen LogP contribution in [0.3, 0.4) is 0 Å². The maximum absolute atomic E-state index is 12.0. The molecule has 2 aromatic rings. The van der Waals surface area contributed by atoms with Gasteiger partial charge in [0.05, 0.1) is 12.8 Å². The van der Waals surface area contributed by atoms with Crippen molar-refractivity contribution in [3.05, 3.63) is 58.6 Å². The normalized spacial score (nSPS) is 15.1. The Hall–Kier alpha value is -2.26. The Morgan fingerprint density at radius 2 is 1.90 bits per heavy atom. The lowest BCUT2D eigenvalue weighted by molar-refractivity contribution is -0.110. The van der Waals surface area contributed by atoms with Crippen molar-refractivity contribution < 1.29 is 9.53 Å². The van der Waals surface area contributed by atoms with Crippen molar-refractivity contribution in [3.8, 4) is 5.75 Å². The lowest BCUT2D eigenvalue weighted by Gasteiger charge is -2.01. The summed E-state index contributed by atoms with van der Waals surface area (Å²) in [5, 5.41) is 3.42. The number of halogens is 1. The molecular formula is C16H12ClNO2. The van der Waals surface area contributed by atoms with Gasteiger partial charge in [-0.2, -0.15) is 0 Å². The van der Waals surface area contributed by atoms with Crippen LogP contribution in [0.4, 0.5) is 5.69 Å². The second-order valence-electron chi connectivity index (χ2n) is 4.48. The molecule has 100 valence electrons. The van der Waals surface area contributed by atoms with Crippen molar-refractivity contribution >= 4 is 34.8 Å². The van der Waals surface area contributed by atoms with Crippen LogP contribution in [-0.2, 0) is 4.79 Å². The second-order valence-corrected chi connectivity index (χ2v) is 4.91. The maximum Gasteiger partial charge on any atom is 0.256 e. The number of benzene rings is 2. The number of ether oxygens (including phenoxy) is 1. The van der Waals surface area contributed by atoms with E-state index in [1.165, 1.54) is 0 Å². The SMILES string of the molecule is COc1ccc(/C=C2/C(=O)Nc3cc(Cl)ccc32)cc1. The topological polar surface area (TPSA) is 38.3 Å². The van der Waals surface area contributed by atoms with Crippen LogP contribution in [0.2, 0.25) is 5.02 Å². The summed E-state index contributed by atoms with van der Waals surface area (Å²) in [6.07, 6.45) is 1.86. The smallest absolute Gasteiger partial charge is 0.256 e. The van der Waals surface area contributed by atoms with Crippen LogP contribution in [0.1, 0.15) is 11.1 Å². The molecule has 0 aromatic heterocycles. The molecule has 0 radical (unpaired) electrons. The molecule has 0 spiro atoms. The molecule has 0 saturated carbocycles. The van der Waals surface area contributed by atoms with E-state index in [2.05, 4.69) is 5.32 Å². The van der Waals surface area contributed by atoms with Gasteiger partial charge in [0.1, 0.15) is 5.75 Å². The zero-order valence-corrected chi connectivity index (χ0v) is 11.6. The zero-order valence-electron chi connectivity index (χ0n) is 10.8.